The lowest BCUT2D eigenvalue weighted by Crippen LogP contribution is -2.43. The Hall–Kier alpha value is -1.79. The maximum Gasteiger partial charge on any atom is 0.320 e. The summed E-state index contributed by atoms with van der Waals surface area (Å²) in [5.41, 5.74) is 0.172. The van der Waals surface area contributed by atoms with E-state index >= 15 is 0 Å². The van der Waals surface area contributed by atoms with E-state index in [-0.39, 0.29) is 11.4 Å². The second-order valence-electron chi connectivity index (χ2n) is 2.95. The molecule has 0 radical (unpaired) electrons. The molecule has 0 spiro atoms. The number of hydroxylamine groups is 1. The molecule has 0 saturated heterocycles. The van der Waals surface area contributed by atoms with E-state index in [0.29, 0.717) is 10.8 Å². The van der Waals surface area contributed by atoms with E-state index in [1.54, 1.807) is 6.07 Å². The third kappa shape index (κ3) is 1.49. The number of anilines is 1. The van der Waals surface area contributed by atoms with Crippen LogP contribution in [0.2, 0.25) is 0 Å². The molecule has 0 aliphatic carbocycles. The normalized spacial score (nSPS) is 19.5. The number of hydrogen-bond acceptors (Lipinski definition) is 5. The molecule has 15 heavy (non-hydrogen) atoms. The van der Waals surface area contributed by atoms with Crippen molar-refractivity contribution in [1.82, 2.24) is 0 Å². The van der Waals surface area contributed by atoms with Gasteiger partial charge in [0.15, 0.2) is 5.75 Å². The number of rotatable bonds is 1. The smallest absolute Gasteiger partial charge is 0.320 e. The van der Waals surface area contributed by atoms with Gasteiger partial charge in [-0.25, -0.2) is 0 Å². The zero-order valence-electron chi connectivity index (χ0n) is 7.88. The van der Waals surface area contributed by atoms with E-state index < -0.39 is 12.2 Å². The molecule has 1 heterocycles. The largest absolute Gasteiger partial charge is 0.497 e. The number of carbonyl (C=O) groups excluding carboxylic acids is 1. The molecule has 0 saturated carbocycles. The molecule has 1 aliphatic rings. The molecule has 2 N–H and O–H groups in total. The summed E-state index contributed by atoms with van der Waals surface area (Å²) in [7, 11) is 1.48. The Balaban J connectivity index is 2.45. The van der Waals surface area contributed by atoms with Gasteiger partial charge in [-0.1, -0.05) is 0 Å². The first-order chi connectivity index (χ1) is 7.13. The molecule has 1 aromatic rings. The summed E-state index contributed by atoms with van der Waals surface area (Å²) in [6.45, 7) is 0. The first-order valence-electron chi connectivity index (χ1n) is 4.19. The molecule has 1 aromatic carbocycles. The molecule has 1 atom stereocenters. The van der Waals surface area contributed by atoms with Gasteiger partial charge in [0.05, 0.1) is 7.11 Å². The lowest BCUT2D eigenvalue weighted by atomic mass is 10.2. The van der Waals surface area contributed by atoms with Crippen LogP contribution in [0, 0.1) is 0 Å². The molecule has 0 aromatic heterocycles. The first kappa shape index (κ1) is 9.75. The number of amides is 1. The number of benzene rings is 1. The summed E-state index contributed by atoms with van der Waals surface area (Å²) < 4.78 is 9.81. The maximum absolute atomic E-state index is 11.1. The zero-order chi connectivity index (χ0) is 11.0. The van der Waals surface area contributed by atoms with Crippen LogP contribution in [0.25, 0.3) is 0 Å². The molecule has 1 aliphatic heterocycles. The van der Waals surface area contributed by atoms with Crippen LogP contribution in [-0.4, -0.2) is 29.6 Å². The van der Waals surface area contributed by atoms with Crippen LogP contribution >= 0.6 is 0 Å². The van der Waals surface area contributed by atoms with Crippen molar-refractivity contribution in [3.63, 3.8) is 0 Å². The molecule has 0 fully saturated rings. The molecule has 80 valence electrons. The average Bonchev–Trinajstić information content (AvgIpc) is 2.25. The minimum atomic E-state index is -1.69. The van der Waals surface area contributed by atoms with E-state index in [1.807, 2.05) is 0 Å². The Morgan fingerprint density at radius 2 is 2.27 bits per heavy atom. The molecule has 6 heteroatoms. The number of hydrogen-bond donors (Lipinski definition) is 2. The Morgan fingerprint density at radius 3 is 2.93 bits per heavy atom. The van der Waals surface area contributed by atoms with E-state index in [4.69, 9.17) is 14.6 Å². The van der Waals surface area contributed by atoms with Crippen molar-refractivity contribution in [3.8, 4) is 11.5 Å². The van der Waals surface area contributed by atoms with Gasteiger partial charge in [-0.05, 0) is 12.1 Å². The fraction of sp³-hybridized carbons (Fsp3) is 0.222. The van der Waals surface area contributed by atoms with E-state index in [9.17, 15) is 10.0 Å². The van der Waals surface area contributed by atoms with Crippen molar-refractivity contribution in [3.05, 3.63) is 18.2 Å². The molecule has 2 rings (SSSR count). The highest BCUT2D eigenvalue weighted by Gasteiger charge is 2.32. The van der Waals surface area contributed by atoms with Gasteiger partial charge in [-0.15, -0.1) is 0 Å². The number of ether oxygens (including phenoxy) is 2. The summed E-state index contributed by atoms with van der Waals surface area (Å²) in [5, 5.41) is 18.9. The lowest BCUT2D eigenvalue weighted by molar-refractivity contribution is -0.148. The summed E-state index contributed by atoms with van der Waals surface area (Å²) in [5.74, 6) is -0.236. The van der Waals surface area contributed by atoms with Gasteiger partial charge in [-0.2, -0.15) is 5.06 Å². The third-order valence-corrected chi connectivity index (χ3v) is 2.05. The first-order valence-corrected chi connectivity index (χ1v) is 4.19. The molecule has 0 bridgehead atoms. The van der Waals surface area contributed by atoms with Crippen LogP contribution in [0.15, 0.2) is 18.2 Å². The highest BCUT2D eigenvalue weighted by molar-refractivity contribution is 5.96. The monoisotopic (exact) mass is 211 g/mol. The fourth-order valence-corrected chi connectivity index (χ4v) is 1.28. The summed E-state index contributed by atoms with van der Waals surface area (Å²) in [6.07, 6.45) is -1.69. The summed E-state index contributed by atoms with van der Waals surface area (Å²) in [6, 6.07) is 4.49. The molecular formula is C9H9NO5. The van der Waals surface area contributed by atoms with Crippen LogP contribution in [0.5, 0.6) is 11.5 Å². The van der Waals surface area contributed by atoms with E-state index in [2.05, 4.69) is 0 Å². The quantitative estimate of drug-likeness (QED) is 0.645. The minimum Gasteiger partial charge on any atom is -0.497 e. The lowest BCUT2D eigenvalue weighted by Gasteiger charge is -2.27. The van der Waals surface area contributed by atoms with Crippen molar-refractivity contribution in [2.75, 3.05) is 12.2 Å². The van der Waals surface area contributed by atoms with Crippen LogP contribution in [0.1, 0.15) is 0 Å². The van der Waals surface area contributed by atoms with Gasteiger partial charge >= 0.3 is 5.91 Å². The van der Waals surface area contributed by atoms with Crippen molar-refractivity contribution in [2.45, 2.75) is 6.29 Å². The Morgan fingerprint density at radius 1 is 1.53 bits per heavy atom. The van der Waals surface area contributed by atoms with Gasteiger partial charge in [0.1, 0.15) is 11.4 Å². The van der Waals surface area contributed by atoms with E-state index in [0.717, 1.165) is 0 Å². The average molecular weight is 211 g/mol. The van der Waals surface area contributed by atoms with Gasteiger partial charge in [0, 0.05) is 6.07 Å². The minimum absolute atomic E-state index is 0.172. The molecular weight excluding hydrogens is 202 g/mol. The van der Waals surface area contributed by atoms with Gasteiger partial charge in [0.25, 0.3) is 6.29 Å². The SMILES string of the molecule is COc1ccc2c(c1)OC(O)C(=O)N2O. The Labute approximate surface area is 85.2 Å². The number of methoxy groups -OCH3 is 1. The number of fused-ring (bicyclic) bond motifs is 1. The molecule has 6 nitrogen and oxygen atoms in total. The second kappa shape index (κ2) is 3.41. The second-order valence-corrected chi connectivity index (χ2v) is 2.95. The van der Waals surface area contributed by atoms with Gasteiger partial charge < -0.3 is 14.6 Å². The van der Waals surface area contributed by atoms with Crippen LogP contribution < -0.4 is 14.5 Å². The van der Waals surface area contributed by atoms with Crippen LogP contribution in [-0.2, 0) is 4.79 Å². The number of aliphatic hydroxyl groups excluding tert-OH is 1. The predicted octanol–water partition coefficient (Wildman–Crippen LogP) is 0.128. The van der Waals surface area contributed by atoms with Gasteiger partial charge in [-0.3, -0.25) is 10.0 Å². The van der Waals surface area contributed by atoms with Crippen molar-refractivity contribution in [2.24, 2.45) is 0 Å². The van der Waals surface area contributed by atoms with Crippen LogP contribution in [0.4, 0.5) is 5.69 Å². The summed E-state index contributed by atoms with van der Waals surface area (Å²) in [4.78, 5) is 11.1. The van der Waals surface area contributed by atoms with Crippen molar-refractivity contribution < 1.29 is 24.6 Å². The molecule has 1 unspecified atom stereocenters. The zero-order valence-corrected chi connectivity index (χ0v) is 7.88. The Kier molecular flexibility index (Phi) is 2.22. The third-order valence-electron chi connectivity index (χ3n) is 2.05. The topological polar surface area (TPSA) is 79.2 Å². The highest BCUT2D eigenvalue weighted by Crippen LogP contribution is 2.35. The fourth-order valence-electron chi connectivity index (χ4n) is 1.28. The number of carbonyl (C=O) groups is 1. The van der Waals surface area contributed by atoms with E-state index in [1.165, 1.54) is 19.2 Å². The van der Waals surface area contributed by atoms with Crippen molar-refractivity contribution in [1.29, 1.82) is 0 Å². The summed E-state index contributed by atoms with van der Waals surface area (Å²) >= 11 is 0. The maximum atomic E-state index is 11.1. The Bertz CT molecular complexity index is 405. The standard InChI is InChI=1S/C9H9NO5/c1-14-5-2-3-6-7(4-5)15-9(12)8(11)10(6)13/h2-4,9,12-13H,1H3. The molecule has 1 amide bonds. The number of nitrogens with zero attached hydrogens (tertiary/aromatic N) is 1. The van der Waals surface area contributed by atoms with Crippen LogP contribution in [0.3, 0.4) is 0 Å². The van der Waals surface area contributed by atoms with Gasteiger partial charge in [0.2, 0.25) is 0 Å². The highest BCUT2D eigenvalue weighted by atomic mass is 16.6. The van der Waals surface area contributed by atoms with Crippen molar-refractivity contribution >= 4 is 11.6 Å². The predicted molar refractivity (Wildman–Crippen MR) is 48.9 cm³/mol. The number of aliphatic hydroxyl groups is 1.